The summed E-state index contributed by atoms with van der Waals surface area (Å²) < 4.78 is 1.84. The Morgan fingerprint density at radius 3 is 2.60 bits per heavy atom. The van der Waals surface area contributed by atoms with Crippen LogP contribution in [0.15, 0.2) is 61.1 Å². The van der Waals surface area contributed by atoms with E-state index in [1.807, 2.05) is 60.4 Å². The van der Waals surface area contributed by atoms with Crippen LogP contribution < -0.4 is 5.32 Å². The van der Waals surface area contributed by atoms with Crippen molar-refractivity contribution in [2.75, 3.05) is 7.05 Å². The van der Waals surface area contributed by atoms with Crippen molar-refractivity contribution in [1.29, 1.82) is 0 Å². The van der Waals surface area contributed by atoms with Gasteiger partial charge in [-0.25, -0.2) is 4.68 Å². The van der Waals surface area contributed by atoms with Crippen molar-refractivity contribution in [2.45, 2.75) is 6.04 Å². The zero-order valence-electron chi connectivity index (χ0n) is 11.1. The molecule has 1 N–H and O–H groups in total. The second-order valence-electron chi connectivity index (χ2n) is 4.41. The summed E-state index contributed by atoms with van der Waals surface area (Å²) in [5.74, 6) is 0. The van der Waals surface area contributed by atoms with E-state index in [9.17, 15) is 0 Å². The Kier molecular flexibility index (Phi) is 3.52. The maximum absolute atomic E-state index is 4.19. The van der Waals surface area contributed by atoms with Gasteiger partial charge in [-0.1, -0.05) is 29.5 Å². The van der Waals surface area contributed by atoms with Crippen molar-refractivity contribution >= 4 is 0 Å². The molecule has 2 heterocycles. The number of hydrogen-bond donors (Lipinski definition) is 1. The van der Waals surface area contributed by atoms with Crippen LogP contribution in [0.1, 0.15) is 17.3 Å². The molecule has 0 amide bonds. The van der Waals surface area contributed by atoms with Crippen LogP contribution in [0.4, 0.5) is 0 Å². The van der Waals surface area contributed by atoms with Gasteiger partial charge < -0.3 is 5.32 Å². The molecular weight excluding hydrogens is 250 g/mol. The molecule has 0 saturated carbocycles. The van der Waals surface area contributed by atoms with Crippen LogP contribution in [-0.2, 0) is 0 Å². The fourth-order valence-corrected chi connectivity index (χ4v) is 2.24. The molecule has 1 atom stereocenters. The maximum atomic E-state index is 4.19. The lowest BCUT2D eigenvalue weighted by Crippen LogP contribution is -2.21. The number of hydrogen-bond acceptors (Lipinski definition) is 4. The molecule has 100 valence electrons. The summed E-state index contributed by atoms with van der Waals surface area (Å²) in [4.78, 5) is 4.18. The summed E-state index contributed by atoms with van der Waals surface area (Å²) in [6.07, 6.45) is 5.40. The minimum Gasteiger partial charge on any atom is -0.308 e. The Bertz CT molecular complexity index is 663. The van der Waals surface area contributed by atoms with Crippen molar-refractivity contribution in [3.8, 4) is 5.69 Å². The highest BCUT2D eigenvalue weighted by molar-refractivity contribution is 5.34. The first kappa shape index (κ1) is 12.5. The number of nitrogens with one attached hydrogen (secondary N) is 1. The summed E-state index contributed by atoms with van der Waals surface area (Å²) in [6.45, 7) is 0. The third kappa shape index (κ3) is 2.31. The molecule has 0 aliphatic rings. The second kappa shape index (κ2) is 5.63. The SMILES string of the molecule is CNC(c1cccnc1)c1cnnn1-c1ccccc1. The second-order valence-corrected chi connectivity index (χ2v) is 4.41. The highest BCUT2D eigenvalue weighted by atomic mass is 15.4. The Labute approximate surface area is 117 Å². The zero-order chi connectivity index (χ0) is 13.8. The number of benzene rings is 1. The number of para-hydroxylation sites is 1. The van der Waals surface area contributed by atoms with Crippen LogP contribution in [0.3, 0.4) is 0 Å². The van der Waals surface area contributed by atoms with Crippen LogP contribution in [0.2, 0.25) is 0 Å². The smallest absolute Gasteiger partial charge is 0.0861 e. The topological polar surface area (TPSA) is 55.6 Å². The molecule has 0 saturated heterocycles. The maximum Gasteiger partial charge on any atom is 0.0861 e. The number of pyridine rings is 1. The molecule has 3 aromatic rings. The predicted molar refractivity (Wildman–Crippen MR) is 76.5 cm³/mol. The van der Waals surface area contributed by atoms with Gasteiger partial charge in [0.15, 0.2) is 0 Å². The third-order valence-corrected chi connectivity index (χ3v) is 3.18. The summed E-state index contributed by atoms with van der Waals surface area (Å²) in [6, 6.07) is 13.9. The first-order valence-electron chi connectivity index (χ1n) is 6.43. The summed E-state index contributed by atoms with van der Waals surface area (Å²) in [5, 5.41) is 11.5. The first-order valence-corrected chi connectivity index (χ1v) is 6.43. The average molecular weight is 265 g/mol. The molecule has 5 heteroatoms. The first-order chi connectivity index (χ1) is 9.90. The number of rotatable bonds is 4. The molecular formula is C15H15N5. The third-order valence-electron chi connectivity index (χ3n) is 3.18. The molecule has 0 fully saturated rings. The van der Waals surface area contributed by atoms with Gasteiger partial charge in [0.05, 0.1) is 23.6 Å². The zero-order valence-corrected chi connectivity index (χ0v) is 11.1. The van der Waals surface area contributed by atoms with Crippen LogP contribution in [-0.4, -0.2) is 27.0 Å². The fourth-order valence-electron chi connectivity index (χ4n) is 2.24. The number of aromatic nitrogens is 4. The van der Waals surface area contributed by atoms with Gasteiger partial charge in [-0.05, 0) is 30.8 Å². The lowest BCUT2D eigenvalue weighted by Gasteiger charge is -2.17. The quantitative estimate of drug-likeness (QED) is 0.783. The van der Waals surface area contributed by atoms with Gasteiger partial charge in [-0.3, -0.25) is 4.98 Å². The van der Waals surface area contributed by atoms with E-state index in [0.717, 1.165) is 16.9 Å². The Hall–Kier alpha value is -2.53. The Balaban J connectivity index is 2.04. The molecule has 3 rings (SSSR count). The van der Waals surface area contributed by atoms with E-state index < -0.39 is 0 Å². The van der Waals surface area contributed by atoms with Gasteiger partial charge in [0.25, 0.3) is 0 Å². The van der Waals surface area contributed by atoms with E-state index in [4.69, 9.17) is 0 Å². The molecule has 0 bridgehead atoms. The molecule has 1 aromatic carbocycles. The van der Waals surface area contributed by atoms with Gasteiger partial charge in [0.1, 0.15) is 0 Å². The van der Waals surface area contributed by atoms with Gasteiger partial charge in [-0.2, -0.15) is 0 Å². The van der Waals surface area contributed by atoms with Crippen molar-refractivity contribution in [3.63, 3.8) is 0 Å². The molecule has 0 aliphatic carbocycles. The summed E-state index contributed by atoms with van der Waals surface area (Å²) in [5.41, 5.74) is 3.05. The average Bonchev–Trinajstić information content (AvgIpc) is 2.99. The largest absolute Gasteiger partial charge is 0.308 e. The van der Waals surface area contributed by atoms with Crippen LogP contribution >= 0.6 is 0 Å². The molecule has 0 aliphatic heterocycles. The van der Waals surface area contributed by atoms with Crippen molar-refractivity contribution in [2.24, 2.45) is 0 Å². The normalized spacial score (nSPS) is 12.2. The molecule has 2 aromatic heterocycles. The molecule has 20 heavy (non-hydrogen) atoms. The lowest BCUT2D eigenvalue weighted by molar-refractivity contribution is 0.632. The van der Waals surface area contributed by atoms with Crippen molar-refractivity contribution < 1.29 is 0 Å². The summed E-state index contributed by atoms with van der Waals surface area (Å²) in [7, 11) is 1.92. The monoisotopic (exact) mass is 265 g/mol. The van der Waals surface area contributed by atoms with Gasteiger partial charge in [-0.15, -0.1) is 5.10 Å². The molecule has 0 radical (unpaired) electrons. The van der Waals surface area contributed by atoms with Gasteiger partial charge in [0, 0.05) is 12.4 Å². The molecule has 1 unspecified atom stereocenters. The van der Waals surface area contributed by atoms with E-state index in [1.54, 1.807) is 12.4 Å². The van der Waals surface area contributed by atoms with E-state index in [1.165, 1.54) is 0 Å². The molecule has 0 spiro atoms. The lowest BCUT2D eigenvalue weighted by atomic mass is 10.1. The van der Waals surface area contributed by atoms with Gasteiger partial charge >= 0.3 is 0 Å². The number of nitrogens with zero attached hydrogens (tertiary/aromatic N) is 4. The van der Waals surface area contributed by atoms with E-state index in [2.05, 4.69) is 20.6 Å². The van der Waals surface area contributed by atoms with E-state index in [0.29, 0.717) is 0 Å². The predicted octanol–water partition coefficient (Wildman–Crippen LogP) is 1.97. The molecule has 5 nitrogen and oxygen atoms in total. The van der Waals surface area contributed by atoms with Crippen molar-refractivity contribution in [1.82, 2.24) is 25.3 Å². The van der Waals surface area contributed by atoms with E-state index in [-0.39, 0.29) is 6.04 Å². The van der Waals surface area contributed by atoms with Gasteiger partial charge in [0.2, 0.25) is 0 Å². The van der Waals surface area contributed by atoms with Crippen LogP contribution in [0, 0.1) is 0 Å². The minimum atomic E-state index is -0.00101. The summed E-state index contributed by atoms with van der Waals surface area (Å²) >= 11 is 0. The van der Waals surface area contributed by atoms with E-state index >= 15 is 0 Å². The van der Waals surface area contributed by atoms with Crippen LogP contribution in [0.5, 0.6) is 0 Å². The highest BCUT2D eigenvalue weighted by Crippen LogP contribution is 2.22. The highest BCUT2D eigenvalue weighted by Gasteiger charge is 2.18. The minimum absolute atomic E-state index is 0.00101. The van der Waals surface area contributed by atoms with Crippen molar-refractivity contribution in [3.05, 3.63) is 72.3 Å². The Morgan fingerprint density at radius 1 is 1.05 bits per heavy atom. The van der Waals surface area contributed by atoms with Crippen LogP contribution in [0.25, 0.3) is 5.69 Å². The standard InChI is InChI=1S/C15H15N5/c1-16-15(12-6-5-9-17-10-12)14-11-18-19-20(14)13-7-3-2-4-8-13/h2-11,15-16H,1H3. The fraction of sp³-hybridized carbons (Fsp3) is 0.133. The Morgan fingerprint density at radius 2 is 1.90 bits per heavy atom.